The van der Waals surface area contributed by atoms with Crippen LogP contribution in [0.15, 0.2) is 235 Å². The van der Waals surface area contributed by atoms with Gasteiger partial charge in [0, 0.05) is 33.4 Å². The fraction of sp³-hybridized carbons (Fsp3) is 0. The Morgan fingerprint density at radius 1 is 0.222 bits per heavy atom. The van der Waals surface area contributed by atoms with Gasteiger partial charge in [0.25, 0.3) is 0 Å². The summed E-state index contributed by atoms with van der Waals surface area (Å²) < 4.78 is 6.03. The first-order valence-electron chi connectivity index (χ1n) is 21.1. The average Bonchev–Trinajstić information content (AvgIpc) is 3.88. The van der Waals surface area contributed by atoms with E-state index in [2.05, 4.69) is 192 Å². The van der Waals surface area contributed by atoms with Gasteiger partial charge in [-0.2, -0.15) is 0 Å². The molecule has 9 aromatic carbocycles. The Bertz CT molecular complexity index is 3350. The second kappa shape index (κ2) is 16.5. The minimum absolute atomic E-state index is 0.483. The highest BCUT2D eigenvalue weighted by atomic mass is 16.4. The fourth-order valence-electron chi connectivity index (χ4n) is 8.41. The summed E-state index contributed by atoms with van der Waals surface area (Å²) in [6.45, 7) is 0. The maximum absolute atomic E-state index is 6.03. The molecule has 2 heterocycles. The Hall–Kier alpha value is -8.54. The normalized spacial score (nSPS) is 11.2. The molecule has 296 valence electrons. The maximum atomic E-state index is 6.03. The van der Waals surface area contributed by atoms with E-state index in [9.17, 15) is 0 Å². The molecule has 2 aromatic heterocycles. The van der Waals surface area contributed by atoms with Crippen molar-refractivity contribution in [1.82, 2.24) is 20.2 Å². The van der Waals surface area contributed by atoms with Crippen molar-refractivity contribution in [1.29, 1.82) is 0 Å². The summed E-state index contributed by atoms with van der Waals surface area (Å²) in [5, 5.41) is 8.60. The van der Waals surface area contributed by atoms with E-state index in [-0.39, 0.29) is 0 Å². The second-order valence-electron chi connectivity index (χ2n) is 15.4. The molecule has 0 aliphatic carbocycles. The van der Waals surface area contributed by atoms with Crippen LogP contribution in [0.1, 0.15) is 0 Å². The van der Waals surface area contributed by atoms with Gasteiger partial charge in [-0.15, -0.1) is 10.2 Å². The molecule has 0 saturated carbocycles. The van der Waals surface area contributed by atoms with E-state index in [4.69, 9.17) is 14.4 Å². The zero-order valence-corrected chi connectivity index (χ0v) is 34.1. The minimum Gasteiger partial charge on any atom is -0.416 e. The Kier molecular flexibility index (Phi) is 9.80. The first-order chi connectivity index (χ1) is 31.2. The molecule has 0 aliphatic heterocycles. The van der Waals surface area contributed by atoms with Crippen LogP contribution in [0, 0.1) is 0 Å². The van der Waals surface area contributed by atoms with E-state index in [1.807, 2.05) is 48.5 Å². The summed E-state index contributed by atoms with van der Waals surface area (Å²) in [5.41, 5.74) is 18.0. The van der Waals surface area contributed by atoms with Crippen molar-refractivity contribution in [2.75, 3.05) is 0 Å². The predicted octanol–water partition coefficient (Wildman–Crippen LogP) is 15.0. The number of hydrogen-bond donors (Lipinski definition) is 0. The van der Waals surface area contributed by atoms with Gasteiger partial charge < -0.3 is 4.42 Å². The molecule has 11 aromatic rings. The Morgan fingerprint density at radius 3 is 0.952 bits per heavy atom. The molecule has 5 heteroatoms. The summed E-state index contributed by atoms with van der Waals surface area (Å²) in [7, 11) is 0. The minimum atomic E-state index is 0.483. The average molecular weight is 807 g/mol. The van der Waals surface area contributed by atoms with Crippen LogP contribution in [0.3, 0.4) is 0 Å². The summed E-state index contributed by atoms with van der Waals surface area (Å²) in [5.74, 6) is 0.981. The summed E-state index contributed by atoms with van der Waals surface area (Å²) in [6, 6.07) is 79.8. The van der Waals surface area contributed by atoms with Crippen LogP contribution in [0.25, 0.3) is 112 Å². The highest BCUT2D eigenvalue weighted by Crippen LogP contribution is 2.43. The number of rotatable bonds is 9. The Balaban J connectivity index is 1.06. The van der Waals surface area contributed by atoms with Crippen molar-refractivity contribution in [3.8, 4) is 101 Å². The van der Waals surface area contributed by atoms with Gasteiger partial charge in [-0.05, 0) is 68.8 Å². The lowest BCUT2D eigenvalue weighted by Crippen LogP contribution is -2.00. The summed E-state index contributed by atoms with van der Waals surface area (Å²) in [4.78, 5) is 11.4. The van der Waals surface area contributed by atoms with E-state index >= 15 is 0 Å². The second-order valence-corrected chi connectivity index (χ2v) is 15.4. The van der Waals surface area contributed by atoms with Crippen LogP contribution >= 0.6 is 0 Å². The summed E-state index contributed by atoms with van der Waals surface area (Å²) >= 11 is 0. The molecule has 0 N–H and O–H groups in total. The maximum Gasteiger partial charge on any atom is 0.248 e. The van der Waals surface area contributed by atoms with Gasteiger partial charge in [0.05, 0.1) is 22.4 Å². The van der Waals surface area contributed by atoms with Gasteiger partial charge in [0.15, 0.2) is 0 Å². The molecule has 0 atom stereocenters. The van der Waals surface area contributed by atoms with Crippen LogP contribution < -0.4 is 0 Å². The third-order valence-corrected chi connectivity index (χ3v) is 11.5. The topological polar surface area (TPSA) is 64.7 Å². The zero-order chi connectivity index (χ0) is 42.0. The number of nitrogens with zero attached hydrogens (tertiary/aromatic N) is 4. The van der Waals surface area contributed by atoms with Gasteiger partial charge in [0.2, 0.25) is 11.8 Å². The molecule has 0 spiro atoms. The molecule has 0 saturated heterocycles. The molecule has 0 bridgehead atoms. The Morgan fingerprint density at radius 2 is 0.524 bits per heavy atom. The van der Waals surface area contributed by atoms with Crippen LogP contribution in [-0.4, -0.2) is 20.2 Å². The number of fused-ring (bicyclic) bond motifs is 1. The van der Waals surface area contributed by atoms with Gasteiger partial charge >= 0.3 is 0 Å². The predicted molar refractivity (Wildman–Crippen MR) is 256 cm³/mol. The van der Waals surface area contributed by atoms with Crippen molar-refractivity contribution in [3.05, 3.63) is 231 Å². The van der Waals surface area contributed by atoms with E-state index in [1.54, 1.807) is 0 Å². The van der Waals surface area contributed by atoms with Crippen LogP contribution in [-0.2, 0) is 0 Å². The quantitative estimate of drug-likeness (QED) is 0.145. The van der Waals surface area contributed by atoms with E-state index in [0.29, 0.717) is 11.8 Å². The molecule has 0 unspecified atom stereocenters. The number of hydrogen-bond acceptors (Lipinski definition) is 5. The number of aromatic nitrogens is 4. The first kappa shape index (κ1) is 37.5. The molecule has 63 heavy (non-hydrogen) atoms. The first-order valence-corrected chi connectivity index (χ1v) is 21.1. The van der Waals surface area contributed by atoms with Crippen molar-refractivity contribution in [2.24, 2.45) is 0 Å². The monoisotopic (exact) mass is 806 g/mol. The van der Waals surface area contributed by atoms with Crippen molar-refractivity contribution in [2.45, 2.75) is 0 Å². The lowest BCUT2D eigenvalue weighted by atomic mass is 9.89. The van der Waals surface area contributed by atoms with Gasteiger partial charge in [-0.3, -0.25) is 0 Å². The smallest absolute Gasteiger partial charge is 0.248 e. The SMILES string of the molecule is c1ccc(-c2nnc(-c3ccc(-c4ccc(-c5nc6c(-c7ccccc7-c7ccccc7)ccc(-c7ccccc7-c7ccccc7)c6nc5-c5ccccc5)cc4)cc3)o2)cc1. The molecule has 0 fully saturated rings. The highest BCUT2D eigenvalue weighted by molar-refractivity contribution is 6.06. The third kappa shape index (κ3) is 7.28. The molecule has 0 aliphatic rings. The molecule has 0 radical (unpaired) electrons. The molecular weight excluding hydrogens is 769 g/mol. The van der Waals surface area contributed by atoms with Gasteiger partial charge in [-0.1, -0.05) is 206 Å². The lowest BCUT2D eigenvalue weighted by molar-refractivity contribution is 0.584. The van der Waals surface area contributed by atoms with E-state index in [1.165, 1.54) is 0 Å². The fourth-order valence-corrected chi connectivity index (χ4v) is 8.41. The third-order valence-electron chi connectivity index (χ3n) is 11.5. The van der Waals surface area contributed by atoms with Crippen LogP contribution in [0.2, 0.25) is 0 Å². The van der Waals surface area contributed by atoms with Crippen molar-refractivity contribution >= 4 is 11.0 Å². The van der Waals surface area contributed by atoms with Crippen LogP contribution in [0.5, 0.6) is 0 Å². The largest absolute Gasteiger partial charge is 0.416 e. The Labute approximate surface area is 365 Å². The molecule has 5 nitrogen and oxygen atoms in total. The number of benzene rings is 9. The highest BCUT2D eigenvalue weighted by Gasteiger charge is 2.22. The van der Waals surface area contributed by atoms with Crippen molar-refractivity contribution < 1.29 is 4.42 Å². The van der Waals surface area contributed by atoms with E-state index in [0.717, 1.165) is 100 Å². The zero-order valence-electron chi connectivity index (χ0n) is 34.1. The van der Waals surface area contributed by atoms with Crippen LogP contribution in [0.4, 0.5) is 0 Å². The molecule has 0 amide bonds. The standard InChI is InChI=1S/C58H38N4O/c1-5-17-41(18-6-1)47-25-13-15-27-49(47)51-37-38-52(50-28-16-14-26-48(50)42-19-7-2-8-20-42)56-55(51)59-53(43-21-9-3-10-22-43)54(60-56)44-33-29-39(30-34-44)40-31-35-46(36-32-40)58-62-61-57(63-58)45-23-11-4-12-24-45/h1-38H. The van der Waals surface area contributed by atoms with E-state index < -0.39 is 0 Å². The summed E-state index contributed by atoms with van der Waals surface area (Å²) in [6.07, 6.45) is 0. The lowest BCUT2D eigenvalue weighted by Gasteiger charge is -2.19. The molecule has 11 rings (SSSR count). The van der Waals surface area contributed by atoms with Crippen molar-refractivity contribution in [3.63, 3.8) is 0 Å². The van der Waals surface area contributed by atoms with Gasteiger partial charge in [-0.25, -0.2) is 9.97 Å². The molecular formula is C58H38N4O. The van der Waals surface area contributed by atoms with Gasteiger partial charge in [0.1, 0.15) is 0 Å².